The third-order valence-corrected chi connectivity index (χ3v) is 3.64. The standard InChI is InChI=1S/C17H13NO3/c19-17-14(10-12-4-2-1-3-5-12)7-6-13-8-9-15(18(20)21)11-16(13)17/h1-5,8-11H,6-7H2/b14-10+. The van der Waals surface area contributed by atoms with Gasteiger partial charge >= 0.3 is 0 Å². The van der Waals surface area contributed by atoms with Gasteiger partial charge in [0.25, 0.3) is 5.69 Å². The number of ketones is 1. The molecule has 1 aliphatic carbocycles. The fourth-order valence-electron chi connectivity index (χ4n) is 2.55. The van der Waals surface area contributed by atoms with E-state index >= 15 is 0 Å². The Kier molecular flexibility index (Phi) is 3.36. The smallest absolute Gasteiger partial charge is 0.270 e. The van der Waals surface area contributed by atoms with E-state index in [9.17, 15) is 14.9 Å². The van der Waals surface area contributed by atoms with E-state index in [0.29, 0.717) is 17.6 Å². The number of non-ortho nitro benzene ring substituents is 1. The number of aryl methyl sites for hydroxylation is 1. The molecule has 0 saturated heterocycles. The molecule has 3 rings (SSSR count). The van der Waals surface area contributed by atoms with Crippen LogP contribution in [-0.2, 0) is 6.42 Å². The second kappa shape index (κ2) is 5.32. The summed E-state index contributed by atoms with van der Waals surface area (Å²) < 4.78 is 0. The highest BCUT2D eigenvalue weighted by Gasteiger charge is 2.24. The lowest BCUT2D eigenvalue weighted by atomic mass is 9.86. The van der Waals surface area contributed by atoms with Gasteiger partial charge in [-0.1, -0.05) is 36.4 Å². The summed E-state index contributed by atoms with van der Waals surface area (Å²) in [6.45, 7) is 0. The van der Waals surface area contributed by atoms with Crippen molar-refractivity contribution in [1.29, 1.82) is 0 Å². The fraction of sp³-hybridized carbons (Fsp3) is 0.118. The molecule has 4 nitrogen and oxygen atoms in total. The number of carbonyl (C=O) groups is 1. The first-order chi connectivity index (χ1) is 10.1. The zero-order chi connectivity index (χ0) is 14.8. The molecule has 104 valence electrons. The largest absolute Gasteiger partial charge is 0.289 e. The molecule has 0 unspecified atom stereocenters. The molecular formula is C17H13NO3. The summed E-state index contributed by atoms with van der Waals surface area (Å²) in [5, 5.41) is 10.8. The van der Waals surface area contributed by atoms with Crippen LogP contribution in [0.4, 0.5) is 5.69 Å². The number of allylic oxidation sites excluding steroid dienone is 1. The minimum Gasteiger partial charge on any atom is -0.289 e. The van der Waals surface area contributed by atoms with E-state index in [-0.39, 0.29) is 11.5 Å². The van der Waals surface area contributed by atoms with E-state index in [0.717, 1.165) is 17.5 Å². The second-order valence-electron chi connectivity index (χ2n) is 5.01. The summed E-state index contributed by atoms with van der Waals surface area (Å²) >= 11 is 0. The SMILES string of the molecule is O=C1/C(=C/c2ccccc2)CCc2ccc([N+](=O)[O-])cc21. The Morgan fingerprint density at radius 3 is 2.52 bits per heavy atom. The topological polar surface area (TPSA) is 60.2 Å². The molecule has 0 radical (unpaired) electrons. The summed E-state index contributed by atoms with van der Waals surface area (Å²) in [5.41, 5.74) is 2.97. The monoisotopic (exact) mass is 279 g/mol. The van der Waals surface area contributed by atoms with Crippen molar-refractivity contribution in [2.75, 3.05) is 0 Å². The van der Waals surface area contributed by atoms with Crippen LogP contribution in [-0.4, -0.2) is 10.7 Å². The van der Waals surface area contributed by atoms with Crippen molar-refractivity contribution >= 4 is 17.5 Å². The minimum absolute atomic E-state index is 0.0388. The minimum atomic E-state index is -0.469. The molecule has 0 atom stereocenters. The summed E-state index contributed by atoms with van der Waals surface area (Å²) in [6.07, 6.45) is 3.26. The highest BCUT2D eigenvalue weighted by Crippen LogP contribution is 2.29. The lowest BCUT2D eigenvalue weighted by Crippen LogP contribution is -2.14. The van der Waals surface area contributed by atoms with Crippen molar-refractivity contribution in [1.82, 2.24) is 0 Å². The molecule has 0 heterocycles. The zero-order valence-electron chi connectivity index (χ0n) is 11.3. The molecule has 0 saturated carbocycles. The molecule has 0 fully saturated rings. The van der Waals surface area contributed by atoms with Gasteiger partial charge in [0.2, 0.25) is 0 Å². The molecule has 0 amide bonds. The van der Waals surface area contributed by atoms with Crippen LogP contribution >= 0.6 is 0 Å². The van der Waals surface area contributed by atoms with Gasteiger partial charge < -0.3 is 0 Å². The van der Waals surface area contributed by atoms with Gasteiger partial charge in [0, 0.05) is 23.3 Å². The van der Waals surface area contributed by atoms with Gasteiger partial charge in [0.05, 0.1) is 4.92 Å². The van der Waals surface area contributed by atoms with Crippen LogP contribution in [0.2, 0.25) is 0 Å². The van der Waals surface area contributed by atoms with E-state index in [1.807, 2.05) is 36.4 Å². The van der Waals surface area contributed by atoms with Crippen molar-refractivity contribution in [3.8, 4) is 0 Å². The first-order valence-corrected chi connectivity index (χ1v) is 6.73. The Morgan fingerprint density at radius 2 is 1.81 bits per heavy atom. The Labute approximate surface area is 121 Å². The predicted molar refractivity (Wildman–Crippen MR) is 80.2 cm³/mol. The van der Waals surface area contributed by atoms with Gasteiger partial charge in [-0.25, -0.2) is 0 Å². The van der Waals surface area contributed by atoms with E-state index in [1.165, 1.54) is 12.1 Å². The first kappa shape index (κ1) is 13.2. The number of Topliss-reactive ketones (excluding diaryl/α,β-unsaturated/α-hetero) is 1. The molecule has 0 aliphatic heterocycles. The maximum absolute atomic E-state index is 12.5. The molecule has 0 bridgehead atoms. The summed E-state index contributed by atoms with van der Waals surface area (Å²) in [4.78, 5) is 22.9. The molecule has 1 aliphatic rings. The van der Waals surface area contributed by atoms with Crippen LogP contribution in [0.5, 0.6) is 0 Å². The van der Waals surface area contributed by atoms with E-state index in [4.69, 9.17) is 0 Å². The number of benzene rings is 2. The molecule has 0 aromatic heterocycles. The number of nitro benzene ring substituents is 1. The van der Waals surface area contributed by atoms with E-state index < -0.39 is 4.92 Å². The molecule has 4 heteroatoms. The Balaban J connectivity index is 2.00. The molecular weight excluding hydrogens is 266 g/mol. The van der Waals surface area contributed by atoms with Gasteiger partial charge in [-0.2, -0.15) is 0 Å². The summed E-state index contributed by atoms with van der Waals surface area (Å²) in [6, 6.07) is 14.1. The maximum Gasteiger partial charge on any atom is 0.270 e. The average Bonchev–Trinajstić information content (AvgIpc) is 2.51. The van der Waals surface area contributed by atoms with Crippen molar-refractivity contribution in [2.45, 2.75) is 12.8 Å². The average molecular weight is 279 g/mol. The molecule has 2 aromatic rings. The first-order valence-electron chi connectivity index (χ1n) is 6.73. The van der Waals surface area contributed by atoms with E-state index in [2.05, 4.69) is 0 Å². The van der Waals surface area contributed by atoms with Crippen LogP contribution in [0.1, 0.15) is 27.9 Å². The van der Waals surface area contributed by atoms with Gasteiger partial charge in [-0.05, 0) is 30.0 Å². The number of carbonyl (C=O) groups excluding carboxylic acids is 1. The predicted octanol–water partition coefficient (Wildman–Crippen LogP) is 3.81. The van der Waals surface area contributed by atoms with Crippen LogP contribution < -0.4 is 0 Å². The Bertz CT molecular complexity index is 748. The quantitative estimate of drug-likeness (QED) is 0.477. The third-order valence-electron chi connectivity index (χ3n) is 3.64. The lowest BCUT2D eigenvalue weighted by Gasteiger charge is -2.17. The van der Waals surface area contributed by atoms with Crippen LogP contribution in [0.3, 0.4) is 0 Å². The second-order valence-corrected chi connectivity index (χ2v) is 5.01. The third kappa shape index (κ3) is 2.60. The Hall–Kier alpha value is -2.75. The zero-order valence-corrected chi connectivity index (χ0v) is 11.3. The maximum atomic E-state index is 12.5. The van der Waals surface area contributed by atoms with Crippen molar-refractivity contribution in [3.05, 3.63) is 80.9 Å². The normalized spacial score (nSPS) is 15.8. The van der Waals surface area contributed by atoms with Crippen molar-refractivity contribution in [2.24, 2.45) is 0 Å². The summed E-state index contributed by atoms with van der Waals surface area (Å²) in [5.74, 6) is -0.108. The van der Waals surface area contributed by atoms with Crippen LogP contribution in [0.25, 0.3) is 6.08 Å². The number of rotatable bonds is 2. The number of nitrogens with zero attached hydrogens (tertiary/aromatic N) is 1. The molecule has 21 heavy (non-hydrogen) atoms. The number of hydrogen-bond donors (Lipinski definition) is 0. The number of nitro groups is 1. The molecule has 0 spiro atoms. The van der Waals surface area contributed by atoms with E-state index in [1.54, 1.807) is 6.07 Å². The highest BCUT2D eigenvalue weighted by molar-refractivity contribution is 6.13. The summed E-state index contributed by atoms with van der Waals surface area (Å²) in [7, 11) is 0. The highest BCUT2D eigenvalue weighted by atomic mass is 16.6. The van der Waals surface area contributed by atoms with Gasteiger partial charge in [-0.3, -0.25) is 14.9 Å². The Morgan fingerprint density at radius 1 is 1.05 bits per heavy atom. The number of fused-ring (bicyclic) bond motifs is 1. The van der Waals surface area contributed by atoms with Gasteiger partial charge in [0.15, 0.2) is 5.78 Å². The van der Waals surface area contributed by atoms with Crippen LogP contribution in [0.15, 0.2) is 54.1 Å². The fourth-order valence-corrected chi connectivity index (χ4v) is 2.55. The lowest BCUT2D eigenvalue weighted by molar-refractivity contribution is -0.384. The van der Waals surface area contributed by atoms with Gasteiger partial charge in [0.1, 0.15) is 0 Å². The van der Waals surface area contributed by atoms with Gasteiger partial charge in [-0.15, -0.1) is 0 Å². The van der Waals surface area contributed by atoms with Crippen molar-refractivity contribution in [3.63, 3.8) is 0 Å². The molecule has 0 N–H and O–H groups in total. The molecule has 2 aromatic carbocycles. The number of hydrogen-bond acceptors (Lipinski definition) is 3. The van der Waals surface area contributed by atoms with Crippen LogP contribution in [0, 0.1) is 10.1 Å². The van der Waals surface area contributed by atoms with Crippen molar-refractivity contribution < 1.29 is 9.72 Å².